The summed E-state index contributed by atoms with van der Waals surface area (Å²) in [4.78, 5) is 21.7. The van der Waals surface area contributed by atoms with Gasteiger partial charge in [-0.05, 0) is 24.3 Å². The quantitative estimate of drug-likeness (QED) is 0.578. The molecular weight excluding hydrogens is 250 g/mol. The van der Waals surface area contributed by atoms with E-state index in [9.17, 15) is 9.59 Å². The van der Waals surface area contributed by atoms with Crippen LogP contribution in [0.15, 0.2) is 36.9 Å². The first kappa shape index (κ1) is 14.6. The standard InChI is InChI=1S/C13H15NO5/c1-2-8-19-13(17)14-7-9-18-11-5-3-10(4-6-11)12(15)16/h2-6H,1,7-9H2,(H,14,17)(H,15,16). The number of nitrogens with one attached hydrogen (secondary N) is 1. The number of carbonyl (C=O) groups is 2. The molecule has 0 fully saturated rings. The van der Waals surface area contributed by atoms with E-state index in [-0.39, 0.29) is 25.3 Å². The summed E-state index contributed by atoms with van der Waals surface area (Å²) in [5.41, 5.74) is 0.193. The van der Waals surface area contributed by atoms with E-state index in [1.54, 1.807) is 12.1 Å². The summed E-state index contributed by atoms with van der Waals surface area (Å²) in [5.74, 6) is -0.454. The van der Waals surface area contributed by atoms with Crippen LogP contribution >= 0.6 is 0 Å². The van der Waals surface area contributed by atoms with Gasteiger partial charge in [-0.15, -0.1) is 0 Å². The van der Waals surface area contributed by atoms with Crippen LogP contribution in [0.4, 0.5) is 4.79 Å². The Morgan fingerprint density at radius 2 is 2.00 bits per heavy atom. The van der Waals surface area contributed by atoms with Gasteiger partial charge in [0.25, 0.3) is 0 Å². The van der Waals surface area contributed by atoms with E-state index in [0.717, 1.165) is 0 Å². The summed E-state index contributed by atoms with van der Waals surface area (Å²) >= 11 is 0. The Morgan fingerprint density at radius 3 is 2.58 bits per heavy atom. The molecule has 0 spiro atoms. The highest BCUT2D eigenvalue weighted by atomic mass is 16.5. The maximum absolute atomic E-state index is 11.0. The number of carbonyl (C=O) groups excluding carboxylic acids is 1. The van der Waals surface area contributed by atoms with Crippen LogP contribution in [0, 0.1) is 0 Å². The van der Waals surface area contributed by atoms with Gasteiger partial charge in [-0.1, -0.05) is 12.7 Å². The van der Waals surface area contributed by atoms with Crippen molar-refractivity contribution in [2.75, 3.05) is 19.8 Å². The van der Waals surface area contributed by atoms with Crippen molar-refractivity contribution in [3.05, 3.63) is 42.5 Å². The third kappa shape index (κ3) is 5.58. The molecule has 1 amide bonds. The number of amides is 1. The number of carboxylic acid groups (broad SMARTS) is 1. The van der Waals surface area contributed by atoms with Gasteiger partial charge in [0.2, 0.25) is 0 Å². The maximum atomic E-state index is 11.0. The van der Waals surface area contributed by atoms with E-state index in [2.05, 4.69) is 11.9 Å². The highest BCUT2D eigenvalue weighted by molar-refractivity contribution is 5.87. The normalized spacial score (nSPS) is 9.47. The van der Waals surface area contributed by atoms with E-state index in [1.165, 1.54) is 18.2 Å². The minimum absolute atomic E-state index is 0.156. The number of hydrogen-bond acceptors (Lipinski definition) is 4. The molecule has 19 heavy (non-hydrogen) atoms. The molecule has 0 unspecified atom stereocenters. The van der Waals surface area contributed by atoms with Crippen LogP contribution < -0.4 is 10.1 Å². The Labute approximate surface area is 110 Å². The highest BCUT2D eigenvalue weighted by Gasteiger charge is 2.02. The van der Waals surface area contributed by atoms with Crippen LogP contribution in [0.3, 0.4) is 0 Å². The Kier molecular flexibility index (Phi) is 5.94. The molecule has 0 bridgehead atoms. The number of carboxylic acids is 1. The SMILES string of the molecule is C=CCOC(=O)NCCOc1ccc(C(=O)O)cc1. The van der Waals surface area contributed by atoms with E-state index < -0.39 is 12.1 Å². The Morgan fingerprint density at radius 1 is 1.32 bits per heavy atom. The van der Waals surface area contributed by atoms with E-state index in [0.29, 0.717) is 5.75 Å². The van der Waals surface area contributed by atoms with Crippen LogP contribution in [0.1, 0.15) is 10.4 Å². The van der Waals surface area contributed by atoms with Gasteiger partial charge in [0, 0.05) is 0 Å². The topological polar surface area (TPSA) is 84.9 Å². The number of hydrogen-bond donors (Lipinski definition) is 2. The highest BCUT2D eigenvalue weighted by Crippen LogP contribution is 2.11. The fourth-order valence-electron chi connectivity index (χ4n) is 1.20. The molecule has 2 N–H and O–H groups in total. The van der Waals surface area contributed by atoms with Crippen molar-refractivity contribution in [1.29, 1.82) is 0 Å². The third-order valence-electron chi connectivity index (χ3n) is 2.07. The van der Waals surface area contributed by atoms with Crippen molar-refractivity contribution in [2.45, 2.75) is 0 Å². The first-order valence-electron chi connectivity index (χ1n) is 5.61. The number of ether oxygens (including phenoxy) is 2. The zero-order valence-electron chi connectivity index (χ0n) is 10.3. The van der Waals surface area contributed by atoms with Gasteiger partial charge in [0.05, 0.1) is 12.1 Å². The lowest BCUT2D eigenvalue weighted by atomic mass is 10.2. The van der Waals surface area contributed by atoms with Gasteiger partial charge >= 0.3 is 12.1 Å². The van der Waals surface area contributed by atoms with Crippen molar-refractivity contribution < 1.29 is 24.2 Å². The second-order valence-corrected chi connectivity index (χ2v) is 3.49. The van der Waals surface area contributed by atoms with Gasteiger partial charge < -0.3 is 19.9 Å². The average molecular weight is 265 g/mol. The molecule has 0 saturated heterocycles. The van der Waals surface area contributed by atoms with E-state index in [1.807, 2.05) is 0 Å². The number of benzene rings is 1. The van der Waals surface area contributed by atoms with Crippen LogP contribution in [-0.4, -0.2) is 36.9 Å². The molecule has 6 nitrogen and oxygen atoms in total. The molecule has 0 aliphatic carbocycles. The molecule has 1 aromatic carbocycles. The first-order valence-corrected chi connectivity index (χ1v) is 5.61. The third-order valence-corrected chi connectivity index (χ3v) is 2.07. The first-order chi connectivity index (χ1) is 9.13. The minimum Gasteiger partial charge on any atom is -0.492 e. The van der Waals surface area contributed by atoms with Crippen molar-refractivity contribution in [3.63, 3.8) is 0 Å². The molecule has 0 saturated carbocycles. The fourth-order valence-corrected chi connectivity index (χ4v) is 1.20. The molecule has 1 aromatic rings. The fraction of sp³-hybridized carbons (Fsp3) is 0.231. The second-order valence-electron chi connectivity index (χ2n) is 3.49. The zero-order chi connectivity index (χ0) is 14.1. The molecule has 6 heteroatoms. The zero-order valence-corrected chi connectivity index (χ0v) is 10.3. The monoisotopic (exact) mass is 265 g/mol. The summed E-state index contributed by atoms with van der Waals surface area (Å²) in [6.45, 7) is 4.12. The van der Waals surface area contributed by atoms with Crippen LogP contribution in [0.2, 0.25) is 0 Å². The second kappa shape index (κ2) is 7.75. The van der Waals surface area contributed by atoms with Crippen LogP contribution in [-0.2, 0) is 4.74 Å². The summed E-state index contributed by atoms with van der Waals surface area (Å²) in [6, 6.07) is 6.01. The summed E-state index contributed by atoms with van der Waals surface area (Å²) in [7, 11) is 0. The van der Waals surface area contributed by atoms with Crippen LogP contribution in [0.25, 0.3) is 0 Å². The lowest BCUT2D eigenvalue weighted by Crippen LogP contribution is -2.28. The predicted octanol–water partition coefficient (Wildman–Crippen LogP) is 1.68. The molecule has 0 atom stereocenters. The minimum atomic E-state index is -0.988. The lowest BCUT2D eigenvalue weighted by molar-refractivity contribution is 0.0696. The van der Waals surface area contributed by atoms with E-state index in [4.69, 9.17) is 14.6 Å². The van der Waals surface area contributed by atoms with Gasteiger partial charge in [-0.2, -0.15) is 0 Å². The number of aromatic carboxylic acids is 1. The van der Waals surface area contributed by atoms with Gasteiger partial charge in [-0.25, -0.2) is 9.59 Å². The summed E-state index contributed by atoms with van der Waals surface area (Å²) in [5, 5.41) is 11.2. The Bertz CT molecular complexity index is 441. The van der Waals surface area contributed by atoms with Gasteiger partial charge in [-0.3, -0.25) is 0 Å². The van der Waals surface area contributed by atoms with Gasteiger partial charge in [0.1, 0.15) is 19.0 Å². The molecule has 0 aliphatic rings. The smallest absolute Gasteiger partial charge is 0.407 e. The van der Waals surface area contributed by atoms with Crippen molar-refractivity contribution in [2.24, 2.45) is 0 Å². The predicted molar refractivity (Wildman–Crippen MR) is 68.4 cm³/mol. The molecule has 102 valence electrons. The van der Waals surface area contributed by atoms with E-state index >= 15 is 0 Å². The molecule has 0 aliphatic heterocycles. The molecule has 0 aromatic heterocycles. The largest absolute Gasteiger partial charge is 0.492 e. The number of alkyl carbamates (subject to hydrolysis) is 1. The molecule has 0 radical (unpaired) electrons. The summed E-state index contributed by atoms with van der Waals surface area (Å²) in [6.07, 6.45) is 0.935. The average Bonchev–Trinajstić information content (AvgIpc) is 2.41. The number of rotatable bonds is 7. The Balaban J connectivity index is 2.24. The molecule has 1 rings (SSSR count). The van der Waals surface area contributed by atoms with Crippen LogP contribution in [0.5, 0.6) is 5.75 Å². The van der Waals surface area contributed by atoms with Gasteiger partial charge in [0.15, 0.2) is 0 Å². The molecular formula is C13H15NO5. The molecule has 0 heterocycles. The van der Waals surface area contributed by atoms with Crippen molar-refractivity contribution in [1.82, 2.24) is 5.32 Å². The van der Waals surface area contributed by atoms with Crippen molar-refractivity contribution >= 4 is 12.1 Å². The summed E-state index contributed by atoms with van der Waals surface area (Å²) < 4.78 is 10.0. The Hall–Kier alpha value is -2.50. The maximum Gasteiger partial charge on any atom is 0.407 e. The lowest BCUT2D eigenvalue weighted by Gasteiger charge is -2.07. The van der Waals surface area contributed by atoms with Crippen molar-refractivity contribution in [3.8, 4) is 5.75 Å².